The number of alkyl halides is 1. The van der Waals surface area contributed by atoms with Gasteiger partial charge in [0.2, 0.25) is 0 Å². The lowest BCUT2D eigenvalue weighted by Gasteiger charge is -2.25. The minimum absolute atomic E-state index is 0.711. The maximum atomic E-state index is 4.40. The molecule has 0 aromatic carbocycles. The van der Waals surface area contributed by atoms with Gasteiger partial charge in [0.05, 0.1) is 5.03 Å². The highest BCUT2D eigenvalue weighted by atomic mass is 79.9. The van der Waals surface area contributed by atoms with Crippen LogP contribution in [0, 0.1) is 11.8 Å². The molecule has 1 aromatic heterocycles. The summed E-state index contributed by atoms with van der Waals surface area (Å²) in [5, 5.41) is 1.93. The van der Waals surface area contributed by atoms with Crippen LogP contribution in [0.5, 0.6) is 0 Å². The molecule has 15 heavy (non-hydrogen) atoms. The van der Waals surface area contributed by atoms with Crippen molar-refractivity contribution in [2.45, 2.75) is 34.4 Å². The highest BCUT2D eigenvalue weighted by molar-refractivity contribution is 9.09. The molecule has 2 bridgehead atoms. The second-order valence-electron chi connectivity index (χ2n) is 4.53. The topological polar surface area (TPSA) is 12.9 Å². The Morgan fingerprint density at radius 1 is 1.27 bits per heavy atom. The highest BCUT2D eigenvalue weighted by Crippen LogP contribution is 2.53. The van der Waals surface area contributed by atoms with Crippen molar-refractivity contribution in [1.82, 2.24) is 4.98 Å². The molecule has 0 N–H and O–H groups in total. The van der Waals surface area contributed by atoms with E-state index in [1.165, 1.54) is 24.3 Å². The van der Waals surface area contributed by atoms with Gasteiger partial charge in [-0.15, -0.1) is 11.8 Å². The maximum absolute atomic E-state index is 4.40. The van der Waals surface area contributed by atoms with Gasteiger partial charge in [-0.3, -0.25) is 0 Å². The lowest BCUT2D eigenvalue weighted by atomic mass is 10.0. The summed E-state index contributed by atoms with van der Waals surface area (Å²) < 4.78 is 0. The van der Waals surface area contributed by atoms with E-state index in [0.717, 1.165) is 17.1 Å². The first kappa shape index (κ1) is 10.2. The van der Waals surface area contributed by atoms with Crippen LogP contribution >= 0.6 is 27.7 Å². The molecule has 3 rings (SSSR count). The largest absolute Gasteiger partial charge is 0.250 e. The van der Waals surface area contributed by atoms with Crippen LogP contribution in [0.15, 0.2) is 29.4 Å². The molecule has 3 heteroatoms. The number of rotatable bonds is 2. The predicted molar refractivity (Wildman–Crippen MR) is 67.4 cm³/mol. The quantitative estimate of drug-likeness (QED) is 0.767. The number of pyridine rings is 1. The van der Waals surface area contributed by atoms with Crippen LogP contribution in [0.25, 0.3) is 0 Å². The Morgan fingerprint density at radius 2 is 2.13 bits per heavy atom. The molecule has 2 aliphatic rings. The fraction of sp³-hybridized carbons (Fsp3) is 0.583. The molecule has 1 nitrogen and oxygen atoms in total. The molecule has 0 spiro atoms. The van der Waals surface area contributed by atoms with Crippen molar-refractivity contribution in [3.8, 4) is 0 Å². The molecule has 80 valence electrons. The monoisotopic (exact) mass is 283 g/mol. The first-order valence-corrected chi connectivity index (χ1v) is 7.36. The van der Waals surface area contributed by atoms with E-state index >= 15 is 0 Å². The van der Waals surface area contributed by atoms with Gasteiger partial charge in [0.1, 0.15) is 0 Å². The number of aromatic nitrogens is 1. The van der Waals surface area contributed by atoms with Crippen molar-refractivity contribution in [3.63, 3.8) is 0 Å². The van der Waals surface area contributed by atoms with Crippen molar-refractivity contribution < 1.29 is 0 Å². The number of nitrogens with zero attached hydrogens (tertiary/aromatic N) is 1. The predicted octanol–water partition coefficient (Wildman–Crippen LogP) is 3.74. The molecule has 4 atom stereocenters. The summed E-state index contributed by atoms with van der Waals surface area (Å²) >= 11 is 5.84. The highest BCUT2D eigenvalue weighted by Gasteiger charge is 2.46. The lowest BCUT2D eigenvalue weighted by molar-refractivity contribution is 0.509. The minimum atomic E-state index is 0.711. The Bertz CT molecular complexity index is 341. The Kier molecular flexibility index (Phi) is 2.77. The Balaban J connectivity index is 1.74. The third kappa shape index (κ3) is 1.84. The summed E-state index contributed by atoms with van der Waals surface area (Å²) in [7, 11) is 0. The van der Waals surface area contributed by atoms with Crippen molar-refractivity contribution in [1.29, 1.82) is 0 Å². The van der Waals surface area contributed by atoms with E-state index in [-0.39, 0.29) is 0 Å². The van der Waals surface area contributed by atoms with Crippen molar-refractivity contribution in [2.24, 2.45) is 11.8 Å². The summed E-state index contributed by atoms with van der Waals surface area (Å²) in [6.45, 7) is 0. The summed E-state index contributed by atoms with van der Waals surface area (Å²) in [5.41, 5.74) is 0. The fourth-order valence-electron chi connectivity index (χ4n) is 2.89. The average Bonchev–Trinajstić information content (AvgIpc) is 2.84. The molecule has 0 radical (unpaired) electrons. The van der Waals surface area contributed by atoms with Crippen LogP contribution in [0.3, 0.4) is 0 Å². The van der Waals surface area contributed by atoms with Crippen molar-refractivity contribution in [2.75, 3.05) is 0 Å². The molecule has 2 fully saturated rings. The molecule has 1 aromatic rings. The fourth-order valence-corrected chi connectivity index (χ4v) is 5.47. The normalized spacial score (nSPS) is 38.5. The SMILES string of the molecule is BrC1C2CCC(C2)C1Sc1ccccn1. The third-order valence-corrected chi connectivity index (χ3v) is 6.74. The van der Waals surface area contributed by atoms with Gasteiger partial charge in [-0.25, -0.2) is 4.98 Å². The Morgan fingerprint density at radius 3 is 2.80 bits per heavy atom. The summed E-state index contributed by atoms with van der Waals surface area (Å²) in [6.07, 6.45) is 6.18. The molecule has 0 saturated heterocycles. The minimum Gasteiger partial charge on any atom is -0.250 e. The second-order valence-corrected chi connectivity index (χ2v) is 6.78. The summed E-state index contributed by atoms with van der Waals surface area (Å²) in [6, 6.07) is 6.18. The second kappa shape index (κ2) is 4.10. The molecular formula is C12H14BrNS. The zero-order valence-corrected chi connectivity index (χ0v) is 10.9. The van der Waals surface area contributed by atoms with E-state index in [0.29, 0.717) is 4.83 Å². The molecule has 0 aliphatic heterocycles. The smallest absolute Gasteiger partial charge is 0.0962 e. The Hall–Kier alpha value is -0.0200. The van der Waals surface area contributed by atoms with Gasteiger partial charge in [0, 0.05) is 16.3 Å². The first-order chi connectivity index (χ1) is 7.34. The molecular weight excluding hydrogens is 270 g/mol. The van der Waals surface area contributed by atoms with Gasteiger partial charge in [0.15, 0.2) is 0 Å². The molecule has 2 aliphatic carbocycles. The van der Waals surface area contributed by atoms with Gasteiger partial charge in [0.25, 0.3) is 0 Å². The first-order valence-electron chi connectivity index (χ1n) is 5.56. The maximum Gasteiger partial charge on any atom is 0.0962 e. The van der Waals surface area contributed by atoms with E-state index in [1.807, 2.05) is 24.0 Å². The van der Waals surface area contributed by atoms with Gasteiger partial charge in [-0.2, -0.15) is 0 Å². The van der Waals surface area contributed by atoms with Crippen LogP contribution in [0.4, 0.5) is 0 Å². The van der Waals surface area contributed by atoms with Gasteiger partial charge < -0.3 is 0 Å². The third-order valence-electron chi connectivity index (χ3n) is 3.64. The number of hydrogen-bond acceptors (Lipinski definition) is 2. The van der Waals surface area contributed by atoms with Crippen LogP contribution in [-0.4, -0.2) is 15.1 Å². The van der Waals surface area contributed by atoms with Crippen LogP contribution in [0.2, 0.25) is 0 Å². The van der Waals surface area contributed by atoms with E-state index < -0.39 is 0 Å². The molecule has 2 saturated carbocycles. The zero-order chi connectivity index (χ0) is 10.3. The summed E-state index contributed by atoms with van der Waals surface area (Å²) in [5.74, 6) is 1.85. The van der Waals surface area contributed by atoms with Crippen molar-refractivity contribution in [3.05, 3.63) is 24.4 Å². The van der Waals surface area contributed by atoms with E-state index in [9.17, 15) is 0 Å². The Labute approximate surface area is 103 Å². The van der Waals surface area contributed by atoms with Gasteiger partial charge in [-0.1, -0.05) is 22.0 Å². The van der Waals surface area contributed by atoms with E-state index in [1.54, 1.807) is 0 Å². The zero-order valence-electron chi connectivity index (χ0n) is 8.47. The van der Waals surface area contributed by atoms with E-state index in [4.69, 9.17) is 0 Å². The van der Waals surface area contributed by atoms with Crippen LogP contribution < -0.4 is 0 Å². The number of thioether (sulfide) groups is 1. The van der Waals surface area contributed by atoms with Gasteiger partial charge in [-0.05, 0) is 43.2 Å². The van der Waals surface area contributed by atoms with Crippen LogP contribution in [0.1, 0.15) is 19.3 Å². The summed E-state index contributed by atoms with van der Waals surface area (Å²) in [4.78, 5) is 5.11. The molecule has 1 heterocycles. The average molecular weight is 284 g/mol. The molecule has 4 unspecified atom stereocenters. The van der Waals surface area contributed by atoms with Gasteiger partial charge >= 0.3 is 0 Å². The number of halogens is 1. The number of hydrogen-bond donors (Lipinski definition) is 0. The standard InChI is InChI=1S/C12H14BrNS/c13-11-8-4-5-9(7-8)12(11)15-10-3-1-2-6-14-10/h1-3,6,8-9,11-12H,4-5,7H2. The lowest BCUT2D eigenvalue weighted by Crippen LogP contribution is -2.24. The number of fused-ring (bicyclic) bond motifs is 2. The van der Waals surface area contributed by atoms with E-state index in [2.05, 4.69) is 33.0 Å². The van der Waals surface area contributed by atoms with Crippen LogP contribution in [-0.2, 0) is 0 Å². The molecule has 0 amide bonds. The van der Waals surface area contributed by atoms with Crippen molar-refractivity contribution >= 4 is 27.7 Å².